The Morgan fingerprint density at radius 1 is 0.971 bits per heavy atom. The van der Waals surface area contributed by atoms with Crippen molar-refractivity contribution in [2.24, 2.45) is 0 Å². The lowest BCUT2D eigenvalue weighted by atomic mass is 10.1. The number of nitrogens with one attached hydrogen (secondary N) is 1. The van der Waals surface area contributed by atoms with Crippen LogP contribution in [0, 0.1) is 0 Å². The summed E-state index contributed by atoms with van der Waals surface area (Å²) in [5.74, 6) is -1.28. The number of Topliss-reactive ketones (excluding diaryl/α,β-unsaturated/α-hetero) is 1. The molecule has 0 spiro atoms. The van der Waals surface area contributed by atoms with Gasteiger partial charge in [0.15, 0.2) is 5.78 Å². The molecular formula is C26H26ClNO4S2. The SMILES string of the molecule is O=C(O)C[C@H](NC(=O)c1ccc(CCCc2ccccc2)s1)C(=O)CSCc1ccccc1Cl. The Labute approximate surface area is 212 Å². The fourth-order valence-electron chi connectivity index (χ4n) is 3.37. The average Bonchev–Trinajstić information content (AvgIpc) is 3.29. The molecule has 1 heterocycles. The number of halogens is 1. The number of hydrogen-bond acceptors (Lipinski definition) is 5. The molecule has 3 rings (SSSR count). The highest BCUT2D eigenvalue weighted by atomic mass is 35.5. The Morgan fingerprint density at radius 2 is 1.71 bits per heavy atom. The number of carbonyl (C=O) groups excluding carboxylic acids is 2. The molecule has 34 heavy (non-hydrogen) atoms. The van der Waals surface area contributed by atoms with Gasteiger partial charge in [0.2, 0.25) is 0 Å². The third-order valence-electron chi connectivity index (χ3n) is 5.15. The predicted molar refractivity (Wildman–Crippen MR) is 139 cm³/mol. The molecular weight excluding hydrogens is 490 g/mol. The fraction of sp³-hybridized carbons (Fsp3) is 0.269. The number of amides is 1. The van der Waals surface area contributed by atoms with Crippen molar-refractivity contribution in [3.8, 4) is 0 Å². The van der Waals surface area contributed by atoms with Crippen molar-refractivity contribution in [3.05, 3.63) is 92.6 Å². The number of hydrogen-bond donors (Lipinski definition) is 2. The standard InChI is InChI=1S/C26H26ClNO4S2/c27-21-12-5-4-10-19(21)16-33-17-23(29)22(15-25(30)31)28-26(32)24-14-13-20(34-24)11-6-9-18-7-2-1-3-8-18/h1-5,7-8,10,12-14,22H,6,9,11,15-17H2,(H,28,32)(H,30,31)/t22-/m0/s1. The van der Waals surface area contributed by atoms with Gasteiger partial charge in [0.1, 0.15) is 0 Å². The van der Waals surface area contributed by atoms with Gasteiger partial charge in [0.05, 0.1) is 23.1 Å². The van der Waals surface area contributed by atoms with E-state index in [1.165, 1.54) is 28.7 Å². The van der Waals surface area contributed by atoms with E-state index in [-0.39, 0.29) is 11.5 Å². The van der Waals surface area contributed by atoms with E-state index in [2.05, 4.69) is 17.4 Å². The highest BCUT2D eigenvalue weighted by Crippen LogP contribution is 2.22. The molecule has 1 atom stereocenters. The van der Waals surface area contributed by atoms with Crippen LogP contribution in [0.2, 0.25) is 5.02 Å². The largest absolute Gasteiger partial charge is 0.481 e. The van der Waals surface area contributed by atoms with E-state index >= 15 is 0 Å². The number of aliphatic carboxylic acids is 1. The molecule has 2 aromatic carbocycles. The molecule has 0 saturated carbocycles. The smallest absolute Gasteiger partial charge is 0.305 e. The molecule has 0 unspecified atom stereocenters. The maximum Gasteiger partial charge on any atom is 0.305 e. The minimum absolute atomic E-state index is 0.0820. The molecule has 3 aromatic rings. The van der Waals surface area contributed by atoms with Crippen LogP contribution in [0.1, 0.15) is 38.5 Å². The Bertz CT molecular complexity index is 1120. The first-order valence-electron chi connectivity index (χ1n) is 10.9. The maximum atomic E-state index is 12.7. The highest BCUT2D eigenvalue weighted by Gasteiger charge is 2.24. The number of ketones is 1. The van der Waals surface area contributed by atoms with Gasteiger partial charge in [0.25, 0.3) is 5.91 Å². The summed E-state index contributed by atoms with van der Waals surface area (Å²) in [6.07, 6.45) is 2.32. The first-order valence-corrected chi connectivity index (χ1v) is 13.3. The van der Waals surface area contributed by atoms with Crippen molar-refractivity contribution in [1.82, 2.24) is 5.32 Å². The molecule has 1 aromatic heterocycles. The van der Waals surface area contributed by atoms with Crippen molar-refractivity contribution in [2.45, 2.75) is 37.5 Å². The van der Waals surface area contributed by atoms with Crippen LogP contribution in [0.25, 0.3) is 0 Å². The van der Waals surface area contributed by atoms with Crippen molar-refractivity contribution in [3.63, 3.8) is 0 Å². The fourth-order valence-corrected chi connectivity index (χ4v) is 5.58. The first kappa shape index (κ1) is 26.0. The number of carbonyl (C=O) groups is 3. The Kier molecular flexibility index (Phi) is 10.2. The van der Waals surface area contributed by atoms with Crippen molar-refractivity contribution >= 4 is 52.4 Å². The number of benzene rings is 2. The van der Waals surface area contributed by atoms with Gasteiger partial charge >= 0.3 is 5.97 Å². The predicted octanol–water partition coefficient (Wildman–Crippen LogP) is 5.65. The van der Waals surface area contributed by atoms with Gasteiger partial charge in [-0.2, -0.15) is 0 Å². The molecule has 0 fully saturated rings. The normalized spacial score (nSPS) is 11.7. The van der Waals surface area contributed by atoms with Gasteiger partial charge in [-0.15, -0.1) is 23.1 Å². The summed E-state index contributed by atoms with van der Waals surface area (Å²) < 4.78 is 0. The van der Waals surface area contributed by atoms with E-state index in [1.54, 1.807) is 12.1 Å². The zero-order valence-electron chi connectivity index (χ0n) is 18.5. The lowest BCUT2D eigenvalue weighted by Gasteiger charge is -2.15. The van der Waals surface area contributed by atoms with Crippen molar-refractivity contribution in [1.29, 1.82) is 0 Å². The van der Waals surface area contributed by atoms with E-state index in [9.17, 15) is 19.5 Å². The maximum absolute atomic E-state index is 12.7. The Balaban J connectivity index is 1.51. The second-order valence-electron chi connectivity index (χ2n) is 7.78. The molecule has 0 aliphatic heterocycles. The van der Waals surface area contributed by atoms with E-state index in [0.717, 1.165) is 29.7 Å². The molecule has 0 bridgehead atoms. The quantitative estimate of drug-likeness (QED) is 0.307. The van der Waals surface area contributed by atoms with Gasteiger partial charge in [-0.3, -0.25) is 14.4 Å². The van der Waals surface area contributed by atoms with Crippen LogP contribution in [0.3, 0.4) is 0 Å². The van der Waals surface area contributed by atoms with E-state index in [0.29, 0.717) is 15.7 Å². The van der Waals surface area contributed by atoms with Crippen molar-refractivity contribution < 1.29 is 19.5 Å². The summed E-state index contributed by atoms with van der Waals surface area (Å²) in [7, 11) is 0. The van der Waals surface area contributed by atoms with Crippen LogP contribution >= 0.6 is 34.7 Å². The number of thiophene rings is 1. The zero-order chi connectivity index (χ0) is 24.3. The summed E-state index contributed by atoms with van der Waals surface area (Å²) in [5, 5.41) is 12.5. The van der Waals surface area contributed by atoms with Crippen LogP contribution < -0.4 is 5.32 Å². The third-order valence-corrected chi connectivity index (χ3v) is 7.67. The minimum atomic E-state index is -1.14. The Hall–Kier alpha value is -2.61. The minimum Gasteiger partial charge on any atom is -0.481 e. The summed E-state index contributed by atoms with van der Waals surface area (Å²) in [5.41, 5.74) is 2.18. The molecule has 0 aliphatic rings. The topological polar surface area (TPSA) is 83.5 Å². The molecule has 0 aliphatic carbocycles. The molecule has 0 radical (unpaired) electrons. The van der Waals surface area contributed by atoms with Crippen LogP contribution in [0.4, 0.5) is 0 Å². The lowest BCUT2D eigenvalue weighted by Crippen LogP contribution is -2.43. The summed E-state index contributed by atoms with van der Waals surface area (Å²) in [6.45, 7) is 0. The van der Waals surface area contributed by atoms with Gasteiger partial charge < -0.3 is 10.4 Å². The molecule has 5 nitrogen and oxygen atoms in total. The second kappa shape index (κ2) is 13.3. The molecule has 8 heteroatoms. The van der Waals surface area contributed by atoms with Crippen LogP contribution in [0.15, 0.2) is 66.7 Å². The van der Waals surface area contributed by atoms with Crippen LogP contribution in [-0.4, -0.2) is 34.6 Å². The summed E-state index contributed by atoms with van der Waals surface area (Å²) >= 11 is 8.86. The molecule has 178 valence electrons. The number of thioether (sulfide) groups is 1. The second-order valence-corrected chi connectivity index (χ2v) is 10.3. The lowest BCUT2D eigenvalue weighted by molar-refractivity contribution is -0.139. The summed E-state index contributed by atoms with van der Waals surface area (Å²) in [6, 6.07) is 20.2. The first-order chi connectivity index (χ1) is 16.4. The zero-order valence-corrected chi connectivity index (χ0v) is 20.9. The van der Waals surface area contributed by atoms with E-state index < -0.39 is 24.3 Å². The number of carboxylic acids is 1. The van der Waals surface area contributed by atoms with Gasteiger partial charge in [-0.1, -0.05) is 60.1 Å². The van der Waals surface area contributed by atoms with Crippen LogP contribution in [0.5, 0.6) is 0 Å². The Morgan fingerprint density at radius 3 is 2.44 bits per heavy atom. The molecule has 2 N–H and O–H groups in total. The average molecular weight is 516 g/mol. The van der Waals surface area contributed by atoms with Crippen molar-refractivity contribution in [2.75, 3.05) is 5.75 Å². The molecule has 1 amide bonds. The number of carboxylic acid groups (broad SMARTS) is 1. The van der Waals surface area contributed by atoms with Gasteiger partial charge in [0, 0.05) is 15.7 Å². The van der Waals surface area contributed by atoms with E-state index in [1.807, 2.05) is 42.5 Å². The monoisotopic (exact) mass is 515 g/mol. The van der Waals surface area contributed by atoms with Crippen LogP contribution in [-0.2, 0) is 28.2 Å². The summed E-state index contributed by atoms with van der Waals surface area (Å²) in [4.78, 5) is 38.2. The number of aryl methyl sites for hydroxylation is 2. The molecule has 0 saturated heterocycles. The number of rotatable bonds is 13. The third kappa shape index (κ3) is 8.31. The van der Waals surface area contributed by atoms with Gasteiger partial charge in [-0.05, 0) is 48.6 Å². The highest BCUT2D eigenvalue weighted by molar-refractivity contribution is 7.99. The van der Waals surface area contributed by atoms with E-state index in [4.69, 9.17) is 11.6 Å². The van der Waals surface area contributed by atoms with Gasteiger partial charge in [-0.25, -0.2) is 0 Å².